The van der Waals surface area contributed by atoms with Crippen LogP contribution < -0.4 is 15.4 Å². The number of pyridine rings is 1. The highest BCUT2D eigenvalue weighted by atomic mass is 16.5. The molecule has 0 bridgehead atoms. The van der Waals surface area contributed by atoms with Crippen molar-refractivity contribution in [3.8, 4) is 5.88 Å². The molecule has 0 radical (unpaired) electrons. The number of rotatable bonds is 4. The Hall–Kier alpha value is -2.23. The van der Waals surface area contributed by atoms with E-state index in [1.165, 1.54) is 0 Å². The molecule has 4 heteroatoms. The molecule has 94 valence electrons. The van der Waals surface area contributed by atoms with E-state index < -0.39 is 0 Å². The van der Waals surface area contributed by atoms with Crippen molar-refractivity contribution in [2.24, 2.45) is 0 Å². The number of methoxy groups -OCH3 is 1. The summed E-state index contributed by atoms with van der Waals surface area (Å²) in [6.45, 7) is 0.709. The Bertz CT molecular complexity index is 528. The summed E-state index contributed by atoms with van der Waals surface area (Å²) < 4.78 is 5.11. The number of benzene rings is 1. The van der Waals surface area contributed by atoms with E-state index in [4.69, 9.17) is 10.5 Å². The van der Waals surface area contributed by atoms with Gasteiger partial charge in [-0.05, 0) is 24.3 Å². The van der Waals surface area contributed by atoms with Crippen LogP contribution in [0.15, 0.2) is 42.5 Å². The van der Waals surface area contributed by atoms with Crippen molar-refractivity contribution in [1.29, 1.82) is 0 Å². The zero-order chi connectivity index (χ0) is 13.0. The predicted octanol–water partition coefficient (Wildman–Crippen LogP) is 2.31. The molecule has 2 aromatic rings. The molecule has 0 atom stereocenters. The lowest BCUT2D eigenvalue weighted by Crippen LogP contribution is -2.17. The van der Waals surface area contributed by atoms with Gasteiger partial charge in [-0.2, -0.15) is 0 Å². The van der Waals surface area contributed by atoms with Crippen LogP contribution in [0.2, 0.25) is 0 Å². The quantitative estimate of drug-likeness (QED) is 0.837. The summed E-state index contributed by atoms with van der Waals surface area (Å²) in [5, 5.41) is 0. The SMILES string of the molecule is COc1cccc(CN(C)c2cccc(N)c2)n1. The maximum absolute atomic E-state index is 5.77. The van der Waals surface area contributed by atoms with Crippen LogP contribution >= 0.6 is 0 Å². The molecule has 0 saturated carbocycles. The minimum Gasteiger partial charge on any atom is -0.481 e. The number of nitrogens with two attached hydrogens (primary N) is 1. The maximum Gasteiger partial charge on any atom is 0.213 e. The van der Waals surface area contributed by atoms with Crippen LogP contribution in [0.5, 0.6) is 5.88 Å². The molecule has 1 heterocycles. The van der Waals surface area contributed by atoms with Crippen molar-refractivity contribution in [2.45, 2.75) is 6.54 Å². The molecule has 2 rings (SSSR count). The highest BCUT2D eigenvalue weighted by Gasteiger charge is 2.04. The van der Waals surface area contributed by atoms with E-state index in [-0.39, 0.29) is 0 Å². The number of hydrogen-bond donors (Lipinski definition) is 1. The van der Waals surface area contributed by atoms with Crippen LogP contribution in [0.1, 0.15) is 5.69 Å². The Morgan fingerprint density at radius 3 is 2.72 bits per heavy atom. The normalized spacial score (nSPS) is 10.1. The third-order valence-electron chi connectivity index (χ3n) is 2.70. The van der Waals surface area contributed by atoms with Crippen molar-refractivity contribution >= 4 is 11.4 Å². The van der Waals surface area contributed by atoms with Crippen molar-refractivity contribution in [1.82, 2.24) is 4.98 Å². The molecule has 2 N–H and O–H groups in total. The van der Waals surface area contributed by atoms with Gasteiger partial charge in [-0.3, -0.25) is 0 Å². The van der Waals surface area contributed by atoms with Crippen LogP contribution in [0.3, 0.4) is 0 Å². The Balaban J connectivity index is 2.13. The largest absolute Gasteiger partial charge is 0.481 e. The monoisotopic (exact) mass is 243 g/mol. The van der Waals surface area contributed by atoms with E-state index in [1.54, 1.807) is 7.11 Å². The fourth-order valence-corrected chi connectivity index (χ4v) is 1.76. The van der Waals surface area contributed by atoms with Gasteiger partial charge in [-0.25, -0.2) is 4.98 Å². The van der Waals surface area contributed by atoms with Crippen molar-refractivity contribution in [3.05, 3.63) is 48.2 Å². The molecule has 0 saturated heterocycles. The Morgan fingerprint density at radius 2 is 2.00 bits per heavy atom. The summed E-state index contributed by atoms with van der Waals surface area (Å²) in [6, 6.07) is 13.5. The average Bonchev–Trinajstić information content (AvgIpc) is 2.39. The van der Waals surface area contributed by atoms with Gasteiger partial charge in [-0.1, -0.05) is 12.1 Å². The second kappa shape index (κ2) is 5.40. The first-order valence-corrected chi connectivity index (χ1v) is 5.75. The van der Waals surface area contributed by atoms with E-state index in [1.807, 2.05) is 49.5 Å². The molecule has 0 aliphatic carbocycles. The molecule has 0 aliphatic rings. The van der Waals surface area contributed by atoms with Gasteiger partial charge in [0.2, 0.25) is 5.88 Å². The van der Waals surface area contributed by atoms with Crippen LogP contribution in [-0.2, 0) is 6.54 Å². The van der Waals surface area contributed by atoms with Gasteiger partial charge < -0.3 is 15.4 Å². The molecule has 0 fully saturated rings. The minimum absolute atomic E-state index is 0.633. The molecule has 18 heavy (non-hydrogen) atoms. The number of nitrogens with zero attached hydrogens (tertiary/aromatic N) is 2. The summed E-state index contributed by atoms with van der Waals surface area (Å²) in [7, 11) is 3.63. The number of anilines is 2. The van der Waals surface area contributed by atoms with E-state index in [0.717, 1.165) is 17.1 Å². The fourth-order valence-electron chi connectivity index (χ4n) is 1.76. The number of ether oxygens (including phenoxy) is 1. The molecule has 1 aromatic carbocycles. The smallest absolute Gasteiger partial charge is 0.213 e. The van der Waals surface area contributed by atoms with Gasteiger partial charge in [0.1, 0.15) is 0 Å². The first kappa shape index (κ1) is 12.2. The lowest BCUT2D eigenvalue weighted by molar-refractivity contribution is 0.396. The summed E-state index contributed by atoms with van der Waals surface area (Å²) in [5.74, 6) is 0.633. The zero-order valence-electron chi connectivity index (χ0n) is 10.6. The van der Waals surface area contributed by atoms with Gasteiger partial charge in [0.25, 0.3) is 0 Å². The molecule has 0 aliphatic heterocycles. The van der Waals surface area contributed by atoms with Crippen LogP contribution in [0, 0.1) is 0 Å². The summed E-state index contributed by atoms with van der Waals surface area (Å²) in [6.07, 6.45) is 0. The molecule has 1 aromatic heterocycles. The first-order valence-electron chi connectivity index (χ1n) is 5.75. The number of hydrogen-bond acceptors (Lipinski definition) is 4. The van der Waals surface area contributed by atoms with Crippen molar-refractivity contribution in [2.75, 3.05) is 24.8 Å². The second-order valence-corrected chi connectivity index (χ2v) is 4.12. The summed E-state index contributed by atoms with van der Waals surface area (Å²) >= 11 is 0. The van der Waals surface area contributed by atoms with Crippen molar-refractivity contribution < 1.29 is 4.74 Å². The third-order valence-corrected chi connectivity index (χ3v) is 2.70. The third kappa shape index (κ3) is 2.91. The average molecular weight is 243 g/mol. The molecule has 4 nitrogen and oxygen atoms in total. The fraction of sp³-hybridized carbons (Fsp3) is 0.214. The van der Waals surface area contributed by atoms with Crippen LogP contribution in [0.25, 0.3) is 0 Å². The van der Waals surface area contributed by atoms with Crippen molar-refractivity contribution in [3.63, 3.8) is 0 Å². The van der Waals surface area contributed by atoms with E-state index in [0.29, 0.717) is 12.4 Å². The topological polar surface area (TPSA) is 51.4 Å². The zero-order valence-corrected chi connectivity index (χ0v) is 10.6. The lowest BCUT2D eigenvalue weighted by atomic mass is 10.2. The highest BCUT2D eigenvalue weighted by Crippen LogP contribution is 2.18. The highest BCUT2D eigenvalue weighted by molar-refractivity contribution is 5.55. The summed E-state index contributed by atoms with van der Waals surface area (Å²) in [4.78, 5) is 6.48. The number of aromatic nitrogens is 1. The Labute approximate surface area is 107 Å². The summed E-state index contributed by atoms with van der Waals surface area (Å²) in [5.41, 5.74) is 8.56. The van der Waals surface area contributed by atoms with Gasteiger partial charge in [0, 0.05) is 24.5 Å². The lowest BCUT2D eigenvalue weighted by Gasteiger charge is -2.19. The molecule has 0 spiro atoms. The van der Waals surface area contributed by atoms with E-state index in [9.17, 15) is 0 Å². The van der Waals surface area contributed by atoms with E-state index >= 15 is 0 Å². The molecular weight excluding hydrogens is 226 g/mol. The standard InChI is InChI=1S/C14H17N3O/c1-17(13-7-3-5-11(15)9-13)10-12-6-4-8-14(16-12)18-2/h3-9H,10,15H2,1-2H3. The van der Waals surface area contributed by atoms with Gasteiger partial charge in [0.15, 0.2) is 0 Å². The van der Waals surface area contributed by atoms with Crippen LogP contribution in [0.4, 0.5) is 11.4 Å². The molecule has 0 unspecified atom stereocenters. The first-order chi connectivity index (χ1) is 8.69. The predicted molar refractivity (Wildman–Crippen MR) is 73.8 cm³/mol. The molecular formula is C14H17N3O. The van der Waals surface area contributed by atoms with Crippen LogP contribution in [-0.4, -0.2) is 19.1 Å². The van der Waals surface area contributed by atoms with Gasteiger partial charge in [0.05, 0.1) is 19.3 Å². The Morgan fingerprint density at radius 1 is 1.22 bits per heavy atom. The minimum atomic E-state index is 0.633. The number of nitrogen functional groups attached to an aromatic ring is 1. The Kier molecular flexibility index (Phi) is 3.67. The van der Waals surface area contributed by atoms with Gasteiger partial charge in [-0.15, -0.1) is 0 Å². The second-order valence-electron chi connectivity index (χ2n) is 4.12. The molecule has 0 amide bonds. The van der Waals surface area contributed by atoms with Gasteiger partial charge >= 0.3 is 0 Å². The van der Waals surface area contributed by atoms with E-state index in [2.05, 4.69) is 9.88 Å². The maximum atomic E-state index is 5.77.